The van der Waals surface area contributed by atoms with Gasteiger partial charge in [0, 0.05) is 90.7 Å². The van der Waals surface area contributed by atoms with Crippen LogP contribution in [0.3, 0.4) is 0 Å². The Morgan fingerprint density at radius 1 is 0.636 bits per heavy atom. The van der Waals surface area contributed by atoms with Crippen molar-refractivity contribution in [2.75, 3.05) is 74.6 Å². The predicted molar refractivity (Wildman–Crippen MR) is 186 cm³/mol. The summed E-state index contributed by atoms with van der Waals surface area (Å²) in [7, 11) is 3.34. The summed E-state index contributed by atoms with van der Waals surface area (Å²) in [4.78, 5) is 14.1. The molecule has 8 nitrogen and oxygen atoms in total. The molecule has 4 aromatic rings. The second kappa shape index (κ2) is 17.7. The Kier molecular flexibility index (Phi) is 13.7. The largest absolute Gasteiger partial charge is 0.496 e. The van der Waals surface area contributed by atoms with E-state index in [1.165, 1.54) is 0 Å². The van der Waals surface area contributed by atoms with Crippen molar-refractivity contribution in [2.45, 2.75) is 13.1 Å². The summed E-state index contributed by atoms with van der Waals surface area (Å²) >= 11 is 24.2. The molecule has 0 amide bonds. The molecule has 2 N–H and O–H groups in total. The zero-order valence-corrected chi connectivity index (χ0v) is 28.0. The van der Waals surface area contributed by atoms with Crippen molar-refractivity contribution in [3.05, 3.63) is 71.8 Å². The smallest absolute Gasteiger partial charge is 0.229 e. The number of hydrogen-bond acceptors (Lipinski definition) is 8. The molecule has 0 saturated heterocycles. The van der Waals surface area contributed by atoms with Gasteiger partial charge in [-0.3, -0.25) is 9.80 Å². The van der Waals surface area contributed by atoms with E-state index in [-0.39, 0.29) is 0 Å². The maximum Gasteiger partial charge on any atom is 0.229 e. The number of fused-ring (bicyclic) bond motifs is 1. The Balaban J connectivity index is 1.64. The summed E-state index contributed by atoms with van der Waals surface area (Å²) in [5.74, 6) is 4.81. The molecule has 1 aromatic heterocycles. The van der Waals surface area contributed by atoms with Gasteiger partial charge in [-0.15, -0.1) is 46.4 Å². The SMILES string of the molecule is COc1ccc(Nc2nc(Nc3ccc(OC)c(CN(CCCl)CCCl)c3)c3ccccc3n2)cc1CN(CCCl)CCCl. The van der Waals surface area contributed by atoms with Crippen molar-refractivity contribution in [3.8, 4) is 11.5 Å². The third-order valence-electron chi connectivity index (χ3n) is 7.07. The Labute approximate surface area is 279 Å². The van der Waals surface area contributed by atoms with Gasteiger partial charge in [-0.1, -0.05) is 12.1 Å². The minimum atomic E-state index is 0.463. The van der Waals surface area contributed by atoms with Crippen LogP contribution in [0.5, 0.6) is 11.5 Å². The van der Waals surface area contributed by atoms with Gasteiger partial charge in [-0.25, -0.2) is 4.98 Å². The van der Waals surface area contributed by atoms with E-state index in [1.807, 2.05) is 54.6 Å². The second-order valence-electron chi connectivity index (χ2n) is 10.0. The highest BCUT2D eigenvalue weighted by atomic mass is 35.5. The first kappa shape index (κ1) is 34.2. The average Bonchev–Trinajstić information content (AvgIpc) is 3.02. The fourth-order valence-electron chi connectivity index (χ4n) is 4.95. The predicted octanol–water partition coefficient (Wildman–Crippen LogP) is 7.69. The van der Waals surface area contributed by atoms with Gasteiger partial charge in [-0.05, 0) is 48.5 Å². The second-order valence-corrected chi connectivity index (χ2v) is 11.5. The normalized spacial score (nSPS) is 11.4. The molecule has 44 heavy (non-hydrogen) atoms. The van der Waals surface area contributed by atoms with Crippen LogP contribution < -0.4 is 20.1 Å². The van der Waals surface area contributed by atoms with Gasteiger partial charge in [0.1, 0.15) is 17.3 Å². The van der Waals surface area contributed by atoms with Crippen LogP contribution in [0.25, 0.3) is 10.9 Å². The van der Waals surface area contributed by atoms with E-state index in [2.05, 4.69) is 26.5 Å². The number of benzene rings is 3. The van der Waals surface area contributed by atoms with Gasteiger partial charge in [-0.2, -0.15) is 4.98 Å². The van der Waals surface area contributed by atoms with E-state index in [1.54, 1.807) is 14.2 Å². The minimum absolute atomic E-state index is 0.463. The highest BCUT2D eigenvalue weighted by Crippen LogP contribution is 2.31. The van der Waals surface area contributed by atoms with Gasteiger partial charge in [0.05, 0.1) is 19.7 Å². The molecule has 3 aromatic carbocycles. The lowest BCUT2D eigenvalue weighted by Gasteiger charge is -2.22. The number of nitrogens with one attached hydrogen (secondary N) is 2. The third-order valence-corrected chi connectivity index (χ3v) is 7.75. The lowest BCUT2D eigenvalue weighted by atomic mass is 10.1. The lowest BCUT2D eigenvalue weighted by Crippen LogP contribution is -2.27. The number of rotatable bonds is 18. The number of hydrogen-bond donors (Lipinski definition) is 2. The van der Waals surface area contributed by atoms with E-state index in [0.29, 0.717) is 48.4 Å². The fraction of sp³-hybridized carbons (Fsp3) is 0.375. The van der Waals surface area contributed by atoms with Gasteiger partial charge in [0.15, 0.2) is 0 Å². The van der Waals surface area contributed by atoms with Crippen molar-refractivity contribution < 1.29 is 9.47 Å². The highest BCUT2D eigenvalue weighted by molar-refractivity contribution is 6.18. The lowest BCUT2D eigenvalue weighted by molar-refractivity contribution is 0.292. The van der Waals surface area contributed by atoms with Gasteiger partial charge in [0.2, 0.25) is 5.95 Å². The molecular weight excluding hydrogens is 642 g/mol. The first-order chi connectivity index (χ1) is 21.5. The zero-order chi connectivity index (χ0) is 31.3. The van der Waals surface area contributed by atoms with E-state index in [0.717, 1.165) is 71.1 Å². The molecule has 0 aliphatic rings. The molecule has 0 fully saturated rings. The quantitative estimate of drug-likeness (QED) is 0.104. The molecule has 0 radical (unpaired) electrons. The molecule has 0 spiro atoms. The van der Waals surface area contributed by atoms with Crippen molar-refractivity contribution in [1.29, 1.82) is 0 Å². The Hall–Kier alpha value is -2.72. The molecule has 236 valence electrons. The summed E-state index contributed by atoms with van der Waals surface area (Å²) in [6.07, 6.45) is 0. The molecule has 0 aliphatic heterocycles. The first-order valence-electron chi connectivity index (χ1n) is 14.3. The maximum absolute atomic E-state index is 6.04. The Morgan fingerprint density at radius 2 is 1.14 bits per heavy atom. The number of anilines is 4. The molecule has 12 heteroatoms. The van der Waals surface area contributed by atoms with Crippen LogP contribution in [0, 0.1) is 0 Å². The standard InChI is InChI=1S/C32H38Cl4N6O2/c1-43-29-9-7-25(19-23(29)21-41(15-11-33)16-12-34)37-31-27-5-3-4-6-28(27)39-32(40-31)38-26-8-10-30(44-2)24(20-26)22-42(17-13-35)18-14-36/h3-10,19-20H,11-18,21-22H2,1-2H3,(H2,37,38,39,40). The van der Waals surface area contributed by atoms with Gasteiger partial charge < -0.3 is 20.1 Å². The minimum Gasteiger partial charge on any atom is -0.496 e. The average molecular weight is 681 g/mol. The Bertz CT molecular complexity index is 1480. The van der Waals surface area contributed by atoms with Crippen LogP contribution in [0.2, 0.25) is 0 Å². The van der Waals surface area contributed by atoms with E-state index in [4.69, 9.17) is 65.8 Å². The molecule has 0 unspecified atom stereocenters. The topological polar surface area (TPSA) is 74.8 Å². The van der Waals surface area contributed by atoms with Crippen LogP contribution >= 0.6 is 46.4 Å². The zero-order valence-electron chi connectivity index (χ0n) is 25.0. The highest BCUT2D eigenvalue weighted by Gasteiger charge is 2.15. The summed E-state index contributed by atoms with van der Waals surface area (Å²) in [6.45, 7) is 4.21. The number of para-hydroxylation sites is 1. The van der Waals surface area contributed by atoms with Crippen molar-refractivity contribution in [3.63, 3.8) is 0 Å². The van der Waals surface area contributed by atoms with E-state index in [9.17, 15) is 0 Å². The summed E-state index contributed by atoms with van der Waals surface area (Å²) < 4.78 is 11.3. The molecule has 0 bridgehead atoms. The molecular formula is C32H38Cl4N6O2. The van der Waals surface area contributed by atoms with E-state index < -0.39 is 0 Å². The third kappa shape index (κ3) is 9.39. The summed E-state index contributed by atoms with van der Waals surface area (Å²) in [5.41, 5.74) is 4.55. The molecule has 0 aliphatic carbocycles. The number of methoxy groups -OCH3 is 2. The molecule has 0 atom stereocenters. The van der Waals surface area contributed by atoms with Crippen LogP contribution in [0.4, 0.5) is 23.1 Å². The molecule has 0 saturated carbocycles. The molecule has 4 rings (SSSR count). The van der Waals surface area contributed by atoms with Gasteiger partial charge in [0.25, 0.3) is 0 Å². The van der Waals surface area contributed by atoms with Crippen molar-refractivity contribution in [1.82, 2.24) is 19.8 Å². The number of aromatic nitrogens is 2. The van der Waals surface area contributed by atoms with Crippen molar-refractivity contribution >= 4 is 80.4 Å². The first-order valence-corrected chi connectivity index (χ1v) is 16.5. The van der Waals surface area contributed by atoms with Gasteiger partial charge >= 0.3 is 0 Å². The Morgan fingerprint density at radius 3 is 1.64 bits per heavy atom. The molecule has 1 heterocycles. The van der Waals surface area contributed by atoms with Crippen LogP contribution in [0.15, 0.2) is 60.7 Å². The fourth-order valence-corrected chi connectivity index (χ4v) is 5.91. The number of nitrogens with zero attached hydrogens (tertiary/aromatic N) is 4. The number of alkyl halides is 4. The van der Waals surface area contributed by atoms with Crippen LogP contribution in [-0.4, -0.2) is 83.7 Å². The summed E-state index contributed by atoms with van der Waals surface area (Å²) in [6, 6.07) is 19.8. The monoisotopic (exact) mass is 678 g/mol. The van der Waals surface area contributed by atoms with Crippen molar-refractivity contribution in [2.24, 2.45) is 0 Å². The van der Waals surface area contributed by atoms with Crippen LogP contribution in [-0.2, 0) is 13.1 Å². The van der Waals surface area contributed by atoms with E-state index >= 15 is 0 Å². The number of halogens is 4. The number of ether oxygens (including phenoxy) is 2. The maximum atomic E-state index is 6.04. The summed E-state index contributed by atoms with van der Waals surface area (Å²) in [5, 5.41) is 7.81. The van der Waals surface area contributed by atoms with Crippen LogP contribution in [0.1, 0.15) is 11.1 Å².